The molecule has 3 heteroatoms. The zero-order valence-corrected chi connectivity index (χ0v) is 12.4. The second-order valence-corrected chi connectivity index (χ2v) is 6.49. The lowest BCUT2D eigenvalue weighted by Crippen LogP contribution is -2.48. The van der Waals surface area contributed by atoms with Gasteiger partial charge in [-0.25, -0.2) is 0 Å². The van der Waals surface area contributed by atoms with Crippen LogP contribution in [0.5, 0.6) is 0 Å². The molecule has 0 spiro atoms. The van der Waals surface area contributed by atoms with Crippen LogP contribution in [0.25, 0.3) is 0 Å². The van der Waals surface area contributed by atoms with Crippen LogP contribution in [-0.4, -0.2) is 23.0 Å². The highest BCUT2D eigenvalue weighted by atomic mass is 16.2. The van der Waals surface area contributed by atoms with Crippen molar-refractivity contribution in [2.24, 2.45) is 5.92 Å². The number of hydrogen-bond donors (Lipinski definition) is 1. The van der Waals surface area contributed by atoms with E-state index in [0.29, 0.717) is 12.0 Å². The molecule has 0 radical (unpaired) electrons. The average molecular weight is 272 g/mol. The van der Waals surface area contributed by atoms with E-state index in [4.69, 9.17) is 0 Å². The van der Waals surface area contributed by atoms with E-state index < -0.39 is 0 Å². The third-order valence-corrected chi connectivity index (χ3v) is 4.49. The van der Waals surface area contributed by atoms with Crippen LogP contribution in [0.15, 0.2) is 30.3 Å². The molecule has 108 valence electrons. The predicted molar refractivity (Wildman–Crippen MR) is 80.0 cm³/mol. The summed E-state index contributed by atoms with van der Waals surface area (Å²) in [5.74, 6) is 0.865. The van der Waals surface area contributed by atoms with Gasteiger partial charge in [-0.3, -0.25) is 10.1 Å². The molecule has 2 aliphatic rings. The van der Waals surface area contributed by atoms with Gasteiger partial charge < -0.3 is 4.90 Å². The first-order chi connectivity index (χ1) is 9.66. The summed E-state index contributed by atoms with van der Waals surface area (Å²) >= 11 is 0. The maximum Gasteiger partial charge on any atom is 0.245 e. The molecule has 1 saturated heterocycles. The summed E-state index contributed by atoms with van der Waals surface area (Å²) in [5.41, 5.74) is 1.09. The standard InChI is InChI=1S/C17H24N2O/c1-12(2)11-15-18-16(13-7-4-3-5-8-13)17(20)19(15)14-9-6-10-14/h3-5,7-8,12,14-16,18H,6,9-11H2,1-2H3. The third kappa shape index (κ3) is 2.47. The smallest absolute Gasteiger partial charge is 0.245 e. The maximum atomic E-state index is 12.8. The molecule has 1 heterocycles. The second kappa shape index (κ2) is 5.57. The van der Waals surface area contributed by atoms with Crippen LogP contribution in [0.3, 0.4) is 0 Å². The fourth-order valence-corrected chi connectivity index (χ4v) is 3.26. The topological polar surface area (TPSA) is 32.3 Å². The fraction of sp³-hybridized carbons (Fsp3) is 0.588. The molecular formula is C17H24N2O. The Labute approximate surface area is 121 Å². The van der Waals surface area contributed by atoms with Crippen molar-refractivity contribution in [1.29, 1.82) is 0 Å². The molecule has 2 atom stereocenters. The van der Waals surface area contributed by atoms with Crippen molar-refractivity contribution in [1.82, 2.24) is 10.2 Å². The van der Waals surface area contributed by atoms with Crippen LogP contribution in [-0.2, 0) is 4.79 Å². The molecule has 0 bridgehead atoms. The van der Waals surface area contributed by atoms with Crippen molar-refractivity contribution < 1.29 is 4.79 Å². The Kier molecular flexibility index (Phi) is 3.79. The Morgan fingerprint density at radius 2 is 1.95 bits per heavy atom. The van der Waals surface area contributed by atoms with Crippen LogP contribution in [0, 0.1) is 5.92 Å². The number of carbonyl (C=O) groups excluding carboxylic acids is 1. The molecule has 3 rings (SSSR count). The number of nitrogens with zero attached hydrogens (tertiary/aromatic N) is 1. The molecule has 2 unspecified atom stereocenters. The minimum atomic E-state index is -0.152. The Balaban J connectivity index is 1.82. The van der Waals surface area contributed by atoms with Gasteiger partial charge in [-0.1, -0.05) is 44.2 Å². The lowest BCUT2D eigenvalue weighted by Gasteiger charge is -2.38. The van der Waals surface area contributed by atoms with Gasteiger partial charge >= 0.3 is 0 Å². The molecule has 1 saturated carbocycles. The number of benzene rings is 1. The van der Waals surface area contributed by atoms with Crippen LogP contribution in [0.1, 0.15) is 51.1 Å². The summed E-state index contributed by atoms with van der Waals surface area (Å²) in [6.45, 7) is 4.45. The zero-order chi connectivity index (χ0) is 14.1. The van der Waals surface area contributed by atoms with E-state index in [9.17, 15) is 4.79 Å². The molecule has 0 aromatic heterocycles. The summed E-state index contributed by atoms with van der Waals surface area (Å²) in [7, 11) is 0. The van der Waals surface area contributed by atoms with Crippen LogP contribution < -0.4 is 5.32 Å². The number of nitrogens with one attached hydrogen (secondary N) is 1. The number of carbonyl (C=O) groups is 1. The van der Waals surface area contributed by atoms with Crippen molar-refractivity contribution in [2.45, 2.75) is 57.8 Å². The molecule has 1 aromatic rings. The van der Waals surface area contributed by atoms with Gasteiger partial charge in [0, 0.05) is 6.04 Å². The summed E-state index contributed by atoms with van der Waals surface area (Å²) in [4.78, 5) is 14.9. The van der Waals surface area contributed by atoms with Crippen molar-refractivity contribution in [3.05, 3.63) is 35.9 Å². The quantitative estimate of drug-likeness (QED) is 0.913. The monoisotopic (exact) mass is 272 g/mol. The van der Waals surface area contributed by atoms with Gasteiger partial charge in [-0.15, -0.1) is 0 Å². The van der Waals surface area contributed by atoms with E-state index in [1.54, 1.807) is 0 Å². The largest absolute Gasteiger partial charge is 0.322 e. The van der Waals surface area contributed by atoms with Gasteiger partial charge in [-0.2, -0.15) is 0 Å². The summed E-state index contributed by atoms with van der Waals surface area (Å²) in [5, 5.41) is 3.56. The summed E-state index contributed by atoms with van der Waals surface area (Å²) in [6, 6.07) is 10.4. The molecule has 1 N–H and O–H groups in total. The highest BCUT2D eigenvalue weighted by Crippen LogP contribution is 2.35. The van der Waals surface area contributed by atoms with E-state index in [1.807, 2.05) is 30.3 Å². The van der Waals surface area contributed by atoms with Crippen LogP contribution in [0.2, 0.25) is 0 Å². The zero-order valence-electron chi connectivity index (χ0n) is 12.4. The highest BCUT2D eigenvalue weighted by molar-refractivity contribution is 5.86. The lowest BCUT2D eigenvalue weighted by molar-refractivity contribution is -0.134. The Morgan fingerprint density at radius 3 is 2.50 bits per heavy atom. The average Bonchev–Trinajstić information content (AvgIpc) is 2.67. The molecule has 1 aromatic carbocycles. The molecule has 2 fully saturated rings. The predicted octanol–water partition coefficient (Wildman–Crippen LogP) is 3.08. The summed E-state index contributed by atoms with van der Waals surface area (Å²) < 4.78 is 0. The second-order valence-electron chi connectivity index (χ2n) is 6.49. The van der Waals surface area contributed by atoms with Crippen molar-refractivity contribution in [2.75, 3.05) is 0 Å². The van der Waals surface area contributed by atoms with Crippen LogP contribution in [0.4, 0.5) is 0 Å². The number of amides is 1. The van der Waals surface area contributed by atoms with Gasteiger partial charge in [0.25, 0.3) is 0 Å². The highest BCUT2D eigenvalue weighted by Gasteiger charge is 2.44. The Bertz CT molecular complexity index is 467. The van der Waals surface area contributed by atoms with E-state index in [2.05, 4.69) is 24.1 Å². The maximum absolute atomic E-state index is 12.8. The molecule has 1 amide bonds. The number of rotatable bonds is 4. The molecule has 20 heavy (non-hydrogen) atoms. The minimum Gasteiger partial charge on any atom is -0.322 e. The van der Waals surface area contributed by atoms with Gasteiger partial charge in [0.1, 0.15) is 6.04 Å². The third-order valence-electron chi connectivity index (χ3n) is 4.49. The normalized spacial score (nSPS) is 27.1. The van der Waals surface area contributed by atoms with E-state index in [0.717, 1.165) is 12.0 Å². The Morgan fingerprint density at radius 1 is 1.25 bits per heavy atom. The van der Waals surface area contributed by atoms with Crippen molar-refractivity contribution in [3.63, 3.8) is 0 Å². The first kappa shape index (κ1) is 13.6. The molecule has 1 aliphatic heterocycles. The van der Waals surface area contributed by atoms with Gasteiger partial charge in [-0.05, 0) is 37.2 Å². The van der Waals surface area contributed by atoms with E-state index in [-0.39, 0.29) is 18.1 Å². The first-order valence-corrected chi connectivity index (χ1v) is 7.80. The minimum absolute atomic E-state index is 0.152. The van der Waals surface area contributed by atoms with Crippen molar-refractivity contribution >= 4 is 5.91 Å². The SMILES string of the molecule is CC(C)CC1NC(c2ccccc2)C(=O)N1C1CCC1. The molecular weight excluding hydrogens is 248 g/mol. The van der Waals surface area contributed by atoms with E-state index >= 15 is 0 Å². The first-order valence-electron chi connectivity index (χ1n) is 7.80. The van der Waals surface area contributed by atoms with Crippen LogP contribution >= 0.6 is 0 Å². The Hall–Kier alpha value is -1.35. The molecule has 1 aliphatic carbocycles. The van der Waals surface area contributed by atoms with Gasteiger partial charge in [0.15, 0.2) is 0 Å². The van der Waals surface area contributed by atoms with E-state index in [1.165, 1.54) is 19.3 Å². The van der Waals surface area contributed by atoms with Crippen molar-refractivity contribution in [3.8, 4) is 0 Å². The molecule has 3 nitrogen and oxygen atoms in total. The summed E-state index contributed by atoms with van der Waals surface area (Å²) in [6.07, 6.45) is 4.84. The van der Waals surface area contributed by atoms with Gasteiger partial charge in [0.2, 0.25) is 5.91 Å². The lowest BCUT2D eigenvalue weighted by atomic mass is 9.90. The fourth-order valence-electron chi connectivity index (χ4n) is 3.26. The number of hydrogen-bond acceptors (Lipinski definition) is 2. The van der Waals surface area contributed by atoms with Gasteiger partial charge in [0.05, 0.1) is 6.17 Å².